The van der Waals surface area contributed by atoms with Gasteiger partial charge in [-0.25, -0.2) is 4.98 Å². The van der Waals surface area contributed by atoms with E-state index in [-0.39, 0.29) is 24.5 Å². The maximum Gasteiger partial charge on any atom is 0.273 e. The molecule has 0 radical (unpaired) electrons. The molecule has 0 saturated carbocycles. The number of ether oxygens (including phenoxy) is 3. The van der Waals surface area contributed by atoms with Gasteiger partial charge in [0.1, 0.15) is 6.26 Å². The van der Waals surface area contributed by atoms with Crippen LogP contribution < -0.4 is 14.8 Å². The van der Waals surface area contributed by atoms with Crippen molar-refractivity contribution in [2.75, 3.05) is 19.9 Å². The Labute approximate surface area is 213 Å². The fourth-order valence-corrected chi connectivity index (χ4v) is 4.61. The number of hydrogen-bond acceptors (Lipinski definition) is 7. The lowest BCUT2D eigenvalue weighted by atomic mass is 10.1. The molecule has 184 valence electrons. The molecule has 3 aromatic rings. The molecule has 35 heavy (non-hydrogen) atoms. The van der Waals surface area contributed by atoms with Crippen LogP contribution in [-0.4, -0.2) is 41.8 Å². The predicted molar refractivity (Wildman–Crippen MR) is 130 cm³/mol. The Bertz CT molecular complexity index is 1200. The topological polar surface area (TPSA) is 86.1 Å². The number of nitrogens with zero attached hydrogens (tertiary/aromatic N) is 2. The van der Waals surface area contributed by atoms with E-state index in [0.29, 0.717) is 47.9 Å². The van der Waals surface area contributed by atoms with Crippen LogP contribution in [0.5, 0.6) is 11.5 Å². The maximum atomic E-state index is 12.5. The summed E-state index contributed by atoms with van der Waals surface area (Å²) in [6.07, 6.45) is 3.41. The second-order valence-corrected chi connectivity index (χ2v) is 9.38. The summed E-state index contributed by atoms with van der Waals surface area (Å²) in [6, 6.07) is 11.3. The molecule has 0 aliphatic carbocycles. The number of carbonyl (C=O) groups is 1. The van der Waals surface area contributed by atoms with Gasteiger partial charge in [0.15, 0.2) is 17.2 Å². The van der Waals surface area contributed by atoms with Crippen LogP contribution >= 0.6 is 23.2 Å². The molecule has 1 saturated heterocycles. The minimum atomic E-state index is -0.279. The van der Waals surface area contributed by atoms with Crippen molar-refractivity contribution in [2.24, 2.45) is 0 Å². The first-order valence-corrected chi connectivity index (χ1v) is 12.2. The average molecular weight is 518 g/mol. The van der Waals surface area contributed by atoms with E-state index in [0.717, 1.165) is 36.3 Å². The van der Waals surface area contributed by atoms with Crippen molar-refractivity contribution in [3.05, 3.63) is 75.4 Å². The van der Waals surface area contributed by atoms with E-state index in [9.17, 15) is 4.79 Å². The molecule has 1 fully saturated rings. The first-order valence-electron chi connectivity index (χ1n) is 11.4. The Morgan fingerprint density at radius 1 is 1.09 bits per heavy atom. The lowest BCUT2D eigenvalue weighted by Gasteiger charge is -2.22. The molecule has 1 amide bonds. The van der Waals surface area contributed by atoms with Crippen molar-refractivity contribution in [1.29, 1.82) is 0 Å². The number of amides is 1. The van der Waals surface area contributed by atoms with Crippen LogP contribution in [-0.2, 0) is 24.4 Å². The summed E-state index contributed by atoms with van der Waals surface area (Å²) in [7, 11) is 0. The number of halogens is 2. The third kappa shape index (κ3) is 6.08. The van der Waals surface area contributed by atoms with Crippen LogP contribution in [0.15, 0.2) is 47.1 Å². The van der Waals surface area contributed by atoms with Crippen molar-refractivity contribution in [3.63, 3.8) is 0 Å². The Balaban J connectivity index is 1.29. The van der Waals surface area contributed by atoms with Crippen molar-refractivity contribution in [1.82, 2.24) is 15.2 Å². The minimum Gasteiger partial charge on any atom is -0.454 e. The number of nitrogens with one attached hydrogen (secondary N) is 1. The van der Waals surface area contributed by atoms with Crippen molar-refractivity contribution in [2.45, 2.75) is 38.6 Å². The van der Waals surface area contributed by atoms with Gasteiger partial charge in [-0.15, -0.1) is 0 Å². The normalized spacial score (nSPS) is 16.7. The van der Waals surface area contributed by atoms with Gasteiger partial charge in [-0.2, -0.15) is 0 Å². The van der Waals surface area contributed by atoms with Crippen molar-refractivity contribution in [3.8, 4) is 11.5 Å². The zero-order chi connectivity index (χ0) is 24.2. The van der Waals surface area contributed by atoms with E-state index >= 15 is 0 Å². The SMILES string of the molecule is O=C(NC[C@H]1CCCO1)c1coc(CN(Cc2ccc3c(c2)OCO3)Cc2ccc(Cl)cc2Cl)n1. The van der Waals surface area contributed by atoms with Gasteiger partial charge in [0.25, 0.3) is 5.91 Å². The first kappa shape index (κ1) is 23.9. The van der Waals surface area contributed by atoms with Crippen LogP contribution in [0.3, 0.4) is 0 Å². The highest BCUT2D eigenvalue weighted by atomic mass is 35.5. The van der Waals surface area contributed by atoms with E-state index in [2.05, 4.69) is 15.2 Å². The highest BCUT2D eigenvalue weighted by Crippen LogP contribution is 2.33. The molecule has 10 heteroatoms. The molecule has 1 atom stereocenters. The zero-order valence-electron chi connectivity index (χ0n) is 19.0. The number of aromatic nitrogens is 1. The molecule has 8 nitrogen and oxygen atoms in total. The number of carbonyl (C=O) groups excluding carboxylic acids is 1. The maximum absolute atomic E-state index is 12.5. The van der Waals surface area contributed by atoms with Gasteiger partial charge in [-0.3, -0.25) is 9.69 Å². The lowest BCUT2D eigenvalue weighted by molar-refractivity contribution is 0.0853. The Hall–Kier alpha value is -2.78. The van der Waals surface area contributed by atoms with Crippen molar-refractivity contribution < 1.29 is 23.4 Å². The summed E-state index contributed by atoms with van der Waals surface area (Å²) < 4.78 is 22.1. The van der Waals surface area contributed by atoms with Gasteiger partial charge in [0.05, 0.1) is 12.6 Å². The third-order valence-corrected chi connectivity index (χ3v) is 6.50. The molecule has 0 unspecified atom stereocenters. The Morgan fingerprint density at radius 3 is 2.80 bits per heavy atom. The largest absolute Gasteiger partial charge is 0.454 e. The Morgan fingerprint density at radius 2 is 1.97 bits per heavy atom. The smallest absolute Gasteiger partial charge is 0.273 e. The molecule has 0 spiro atoms. The molecule has 0 bridgehead atoms. The van der Waals surface area contributed by atoms with Crippen LogP contribution in [0.1, 0.15) is 40.3 Å². The first-order chi connectivity index (χ1) is 17.0. The standard InChI is InChI=1S/C25H25Cl2N3O5/c26-18-5-4-17(20(27)9-18)12-30(11-16-3-6-22-23(8-16)35-15-34-22)13-24-29-21(14-33-24)25(31)28-10-19-2-1-7-32-19/h3-6,8-9,14,19H,1-2,7,10-13,15H2,(H,28,31)/t19-/m1/s1. The van der Waals surface area contributed by atoms with Gasteiger partial charge < -0.3 is 23.9 Å². The average Bonchev–Trinajstić information content (AvgIpc) is 3.61. The molecule has 2 aliphatic heterocycles. The van der Waals surface area contributed by atoms with Crippen molar-refractivity contribution >= 4 is 29.1 Å². The second-order valence-electron chi connectivity index (χ2n) is 8.54. The number of benzene rings is 2. The summed E-state index contributed by atoms with van der Waals surface area (Å²) in [6.45, 7) is 2.88. The molecule has 3 heterocycles. The summed E-state index contributed by atoms with van der Waals surface area (Å²) in [4.78, 5) is 19.0. The monoisotopic (exact) mass is 517 g/mol. The summed E-state index contributed by atoms with van der Waals surface area (Å²) >= 11 is 12.5. The highest BCUT2D eigenvalue weighted by Gasteiger charge is 2.20. The highest BCUT2D eigenvalue weighted by molar-refractivity contribution is 6.35. The number of hydrogen-bond donors (Lipinski definition) is 1. The van der Waals surface area contributed by atoms with Gasteiger partial charge in [-0.05, 0) is 48.2 Å². The summed E-state index contributed by atoms with van der Waals surface area (Å²) in [5.74, 6) is 1.59. The molecule has 1 aromatic heterocycles. The molecule has 2 aliphatic rings. The van der Waals surface area contributed by atoms with Crippen LogP contribution in [0, 0.1) is 0 Å². The fourth-order valence-electron chi connectivity index (χ4n) is 4.14. The summed E-state index contributed by atoms with van der Waals surface area (Å²) in [5, 5.41) is 4.02. The van der Waals surface area contributed by atoms with E-state index in [1.165, 1.54) is 6.26 Å². The molecule has 2 aromatic carbocycles. The van der Waals surface area contributed by atoms with E-state index in [4.69, 9.17) is 41.8 Å². The van der Waals surface area contributed by atoms with Crippen LogP contribution in [0.4, 0.5) is 0 Å². The van der Waals surface area contributed by atoms with Gasteiger partial charge in [0, 0.05) is 36.3 Å². The van der Waals surface area contributed by atoms with E-state index < -0.39 is 0 Å². The van der Waals surface area contributed by atoms with Gasteiger partial charge in [-0.1, -0.05) is 35.3 Å². The van der Waals surface area contributed by atoms with Crippen LogP contribution in [0.2, 0.25) is 10.0 Å². The third-order valence-electron chi connectivity index (χ3n) is 5.91. The van der Waals surface area contributed by atoms with E-state index in [1.54, 1.807) is 6.07 Å². The molecular formula is C25H25Cl2N3O5. The second kappa shape index (κ2) is 10.9. The Kier molecular flexibility index (Phi) is 7.43. The predicted octanol–water partition coefficient (Wildman–Crippen LogP) is 4.82. The molecule has 1 N–H and O–H groups in total. The minimum absolute atomic E-state index is 0.0617. The molecular weight excluding hydrogens is 493 g/mol. The zero-order valence-corrected chi connectivity index (χ0v) is 20.5. The van der Waals surface area contributed by atoms with Gasteiger partial charge in [0.2, 0.25) is 12.7 Å². The van der Waals surface area contributed by atoms with Gasteiger partial charge >= 0.3 is 0 Å². The molecule has 5 rings (SSSR count). The lowest BCUT2D eigenvalue weighted by Crippen LogP contribution is -2.32. The number of rotatable bonds is 9. The quantitative estimate of drug-likeness (QED) is 0.435. The number of fused-ring (bicyclic) bond motifs is 1. The summed E-state index contributed by atoms with van der Waals surface area (Å²) in [5.41, 5.74) is 2.18. The van der Waals surface area contributed by atoms with Crippen LogP contribution in [0.25, 0.3) is 0 Å². The number of oxazole rings is 1. The fraction of sp³-hybridized carbons (Fsp3) is 0.360. The van der Waals surface area contributed by atoms with E-state index in [1.807, 2.05) is 30.3 Å².